The summed E-state index contributed by atoms with van der Waals surface area (Å²) in [6.07, 6.45) is 3.18. The third-order valence-electron chi connectivity index (χ3n) is 2.36. The second-order valence-corrected chi connectivity index (χ2v) is 3.47. The summed E-state index contributed by atoms with van der Waals surface area (Å²) < 4.78 is 1.46. The van der Waals surface area contributed by atoms with Crippen molar-refractivity contribution in [1.29, 1.82) is 0 Å². The predicted octanol–water partition coefficient (Wildman–Crippen LogP) is -1.22. The van der Waals surface area contributed by atoms with E-state index in [-0.39, 0.29) is 29.5 Å². The van der Waals surface area contributed by atoms with E-state index in [9.17, 15) is 20.2 Å². The van der Waals surface area contributed by atoms with Crippen LogP contribution in [0.4, 0.5) is 11.4 Å². The largest absolute Gasteiger partial charge is 1.00 e. The molecule has 2 aromatic rings. The van der Waals surface area contributed by atoms with E-state index in [2.05, 4.69) is 0 Å². The number of nitro benzene ring substituents is 2. The molecule has 0 aliphatic heterocycles. The molecule has 2 rings (SSSR count). The van der Waals surface area contributed by atoms with E-state index >= 15 is 0 Å². The van der Waals surface area contributed by atoms with Crippen LogP contribution in [0.5, 0.6) is 0 Å². The van der Waals surface area contributed by atoms with Crippen LogP contribution < -0.4 is 17.0 Å². The van der Waals surface area contributed by atoms with E-state index in [0.29, 0.717) is 0 Å². The molecule has 0 aliphatic rings. The number of non-ortho nitro benzene ring substituents is 1. The third kappa shape index (κ3) is 3.02. The van der Waals surface area contributed by atoms with Crippen molar-refractivity contribution >= 4 is 11.4 Å². The standard InChI is InChI=1S/C11H8N3O4.ClH/c15-13(16)9-4-5-10(14(17)18)11(8-9)12-6-2-1-3-7-12;/h1-8H;1H/q+1;/p-1. The maximum atomic E-state index is 10.9. The van der Waals surface area contributed by atoms with E-state index in [1.54, 1.807) is 30.6 Å². The number of benzene rings is 1. The van der Waals surface area contributed by atoms with Gasteiger partial charge < -0.3 is 12.4 Å². The van der Waals surface area contributed by atoms with Gasteiger partial charge in [-0.05, 0) is 0 Å². The highest BCUT2D eigenvalue weighted by molar-refractivity contribution is 5.53. The van der Waals surface area contributed by atoms with Gasteiger partial charge in [0.05, 0.1) is 15.9 Å². The summed E-state index contributed by atoms with van der Waals surface area (Å²) in [6, 6.07) is 8.54. The summed E-state index contributed by atoms with van der Waals surface area (Å²) in [5.74, 6) is 0. The van der Waals surface area contributed by atoms with Gasteiger partial charge in [-0.15, -0.1) is 0 Å². The highest BCUT2D eigenvalue weighted by Crippen LogP contribution is 2.23. The van der Waals surface area contributed by atoms with Crippen LogP contribution in [0.3, 0.4) is 0 Å². The van der Waals surface area contributed by atoms with E-state index in [1.165, 1.54) is 10.6 Å². The molecule has 1 aromatic heterocycles. The minimum absolute atomic E-state index is 0. The molecule has 19 heavy (non-hydrogen) atoms. The van der Waals surface area contributed by atoms with Crippen molar-refractivity contribution in [2.75, 3.05) is 0 Å². The quantitative estimate of drug-likeness (QED) is 0.401. The maximum Gasteiger partial charge on any atom is 0.340 e. The van der Waals surface area contributed by atoms with Gasteiger partial charge in [0, 0.05) is 24.3 Å². The number of aromatic nitrogens is 1. The Balaban J connectivity index is 0.00000180. The fourth-order valence-corrected chi connectivity index (χ4v) is 1.55. The molecule has 0 saturated carbocycles. The summed E-state index contributed by atoms with van der Waals surface area (Å²) in [4.78, 5) is 20.4. The summed E-state index contributed by atoms with van der Waals surface area (Å²) in [5, 5.41) is 21.6. The number of nitrogens with zero attached hydrogens (tertiary/aromatic N) is 3. The topological polar surface area (TPSA) is 90.2 Å². The van der Waals surface area contributed by atoms with E-state index in [1.807, 2.05) is 0 Å². The Labute approximate surface area is 113 Å². The predicted molar refractivity (Wildman–Crippen MR) is 61.3 cm³/mol. The van der Waals surface area contributed by atoms with E-state index < -0.39 is 9.85 Å². The molecular weight excluding hydrogens is 274 g/mol. The molecule has 0 saturated heterocycles. The Morgan fingerprint density at radius 1 is 0.947 bits per heavy atom. The van der Waals surface area contributed by atoms with Crippen LogP contribution in [0, 0.1) is 20.2 Å². The molecule has 0 unspecified atom stereocenters. The highest BCUT2D eigenvalue weighted by Gasteiger charge is 2.25. The minimum Gasteiger partial charge on any atom is -1.00 e. The maximum absolute atomic E-state index is 10.9. The lowest BCUT2D eigenvalue weighted by molar-refractivity contribution is -0.601. The minimum atomic E-state index is -0.587. The number of pyridine rings is 1. The summed E-state index contributed by atoms with van der Waals surface area (Å²) in [7, 11) is 0. The van der Waals surface area contributed by atoms with Crippen molar-refractivity contribution in [3.8, 4) is 5.69 Å². The molecule has 0 aliphatic carbocycles. The summed E-state index contributed by atoms with van der Waals surface area (Å²) >= 11 is 0. The van der Waals surface area contributed by atoms with Gasteiger partial charge in [-0.2, -0.15) is 4.57 Å². The van der Waals surface area contributed by atoms with Crippen LogP contribution in [0.25, 0.3) is 5.69 Å². The third-order valence-corrected chi connectivity index (χ3v) is 2.36. The molecule has 0 atom stereocenters. The summed E-state index contributed by atoms with van der Waals surface area (Å²) in [6.45, 7) is 0. The molecule has 7 nitrogen and oxygen atoms in total. The SMILES string of the molecule is O=[N+]([O-])c1ccc([N+](=O)[O-])c(-[n+]2ccccc2)c1.[Cl-]. The van der Waals surface area contributed by atoms with Gasteiger partial charge in [0.2, 0.25) is 0 Å². The first kappa shape index (κ1) is 14.5. The molecule has 0 amide bonds. The molecule has 98 valence electrons. The number of hydrogen-bond donors (Lipinski definition) is 0. The average molecular weight is 282 g/mol. The van der Waals surface area contributed by atoms with Gasteiger partial charge in [0.25, 0.3) is 11.4 Å². The Bertz CT molecular complexity index is 619. The second kappa shape index (κ2) is 5.87. The lowest BCUT2D eigenvalue weighted by Crippen LogP contribution is -3.00. The van der Waals surface area contributed by atoms with Crippen molar-refractivity contribution in [2.45, 2.75) is 0 Å². The molecule has 1 heterocycles. The molecule has 0 spiro atoms. The van der Waals surface area contributed by atoms with Crippen molar-refractivity contribution in [2.24, 2.45) is 0 Å². The zero-order valence-electron chi connectivity index (χ0n) is 9.47. The van der Waals surface area contributed by atoms with Crippen LogP contribution in [0.1, 0.15) is 0 Å². The zero-order valence-corrected chi connectivity index (χ0v) is 10.2. The number of nitro groups is 2. The van der Waals surface area contributed by atoms with Crippen LogP contribution in [0.15, 0.2) is 48.8 Å². The first-order valence-electron chi connectivity index (χ1n) is 4.99. The highest BCUT2D eigenvalue weighted by atomic mass is 35.5. The Kier molecular flexibility index (Phi) is 4.49. The fraction of sp³-hybridized carbons (Fsp3) is 0. The van der Waals surface area contributed by atoms with Crippen LogP contribution in [0.2, 0.25) is 0 Å². The van der Waals surface area contributed by atoms with E-state index in [0.717, 1.165) is 12.1 Å². The molecule has 1 aromatic carbocycles. The smallest absolute Gasteiger partial charge is 0.340 e. The molecule has 0 N–H and O–H groups in total. The van der Waals surface area contributed by atoms with Gasteiger partial charge in [0.1, 0.15) is 0 Å². The Hall–Kier alpha value is -2.54. The fourth-order valence-electron chi connectivity index (χ4n) is 1.55. The monoisotopic (exact) mass is 281 g/mol. The molecule has 8 heteroatoms. The number of hydrogen-bond acceptors (Lipinski definition) is 4. The molecule has 0 radical (unpaired) electrons. The Morgan fingerprint density at radius 3 is 2.11 bits per heavy atom. The number of halogens is 1. The number of rotatable bonds is 3. The normalized spacial score (nSPS) is 9.47. The van der Waals surface area contributed by atoms with Crippen LogP contribution >= 0.6 is 0 Å². The van der Waals surface area contributed by atoms with E-state index in [4.69, 9.17) is 0 Å². The van der Waals surface area contributed by atoms with Crippen molar-refractivity contribution in [3.63, 3.8) is 0 Å². The van der Waals surface area contributed by atoms with Gasteiger partial charge >= 0.3 is 5.69 Å². The van der Waals surface area contributed by atoms with Crippen molar-refractivity contribution < 1.29 is 26.8 Å². The van der Waals surface area contributed by atoms with Crippen LogP contribution in [-0.2, 0) is 0 Å². The second-order valence-electron chi connectivity index (χ2n) is 3.47. The van der Waals surface area contributed by atoms with Gasteiger partial charge in [-0.3, -0.25) is 20.2 Å². The molecule has 0 bridgehead atoms. The summed E-state index contributed by atoms with van der Waals surface area (Å²) in [5.41, 5.74) is -0.210. The lowest BCUT2D eigenvalue weighted by atomic mass is 10.2. The first-order chi connectivity index (χ1) is 8.59. The van der Waals surface area contributed by atoms with Crippen molar-refractivity contribution in [1.82, 2.24) is 0 Å². The first-order valence-corrected chi connectivity index (χ1v) is 4.99. The van der Waals surface area contributed by atoms with Gasteiger partial charge in [0.15, 0.2) is 12.4 Å². The molecule has 0 fully saturated rings. The van der Waals surface area contributed by atoms with Gasteiger partial charge in [-0.1, -0.05) is 6.07 Å². The average Bonchev–Trinajstić information content (AvgIpc) is 2.39. The Morgan fingerprint density at radius 2 is 1.58 bits per heavy atom. The van der Waals surface area contributed by atoms with Crippen molar-refractivity contribution in [3.05, 3.63) is 69.0 Å². The molecular formula is C11H8ClN3O4. The zero-order chi connectivity index (χ0) is 13.1. The lowest BCUT2D eigenvalue weighted by Gasteiger charge is -1.97. The van der Waals surface area contributed by atoms with Gasteiger partial charge in [-0.25, -0.2) is 0 Å². The van der Waals surface area contributed by atoms with Crippen LogP contribution in [-0.4, -0.2) is 9.85 Å².